The molecule has 0 bridgehead atoms. The summed E-state index contributed by atoms with van der Waals surface area (Å²) in [5.41, 5.74) is 3.56. The molecule has 5 nitrogen and oxygen atoms in total. The molecule has 0 fully saturated rings. The molecule has 2 aromatic rings. The van der Waals surface area contributed by atoms with Crippen molar-refractivity contribution in [2.45, 2.75) is 71.6 Å². The monoisotopic (exact) mass is 479 g/mol. The fourth-order valence-electron chi connectivity index (χ4n) is 3.58. The zero-order valence-electron chi connectivity index (χ0n) is 20.3. The van der Waals surface area contributed by atoms with Gasteiger partial charge in [-0.3, -0.25) is 9.59 Å². The van der Waals surface area contributed by atoms with Crippen molar-refractivity contribution in [3.05, 3.63) is 71.3 Å². The van der Waals surface area contributed by atoms with Crippen LogP contribution in [-0.2, 0) is 28.9 Å². The third kappa shape index (κ3) is 16.9. The first-order chi connectivity index (χ1) is 15.9. The van der Waals surface area contributed by atoms with E-state index in [2.05, 4.69) is 43.0 Å². The number of carboxylic acids is 2. The van der Waals surface area contributed by atoms with Crippen LogP contribution < -0.4 is 0 Å². The van der Waals surface area contributed by atoms with Gasteiger partial charge in [-0.25, -0.2) is 0 Å². The van der Waals surface area contributed by atoms with Crippen molar-refractivity contribution in [2.75, 3.05) is 19.6 Å². The van der Waals surface area contributed by atoms with Crippen LogP contribution in [0.15, 0.2) is 54.6 Å². The summed E-state index contributed by atoms with van der Waals surface area (Å²) in [5.74, 6) is -1.47. The summed E-state index contributed by atoms with van der Waals surface area (Å²) in [6.45, 7) is 7.99. The standard InChI is InChI=1S/C19H31NO2.C9H10O2.Na.H/c1-3-20(4-2)16-8-6-5-7-9-17-10-12-18(13-11-17)14-15-19(21)22;10-9(11)7-6-8-4-2-1-3-5-8;;/h10-13H,3-9,14-16H2,1-2H3,(H,21,22);1-5H,6-7H2,(H,10,11);;. The maximum absolute atomic E-state index is 10.5. The number of aryl methyl sites for hydroxylation is 3. The topological polar surface area (TPSA) is 77.8 Å². The summed E-state index contributed by atoms with van der Waals surface area (Å²) in [5, 5.41) is 17.1. The van der Waals surface area contributed by atoms with Gasteiger partial charge in [-0.15, -0.1) is 0 Å². The molecule has 0 saturated heterocycles. The second-order valence-electron chi connectivity index (χ2n) is 8.28. The van der Waals surface area contributed by atoms with Crippen LogP contribution in [0.2, 0.25) is 0 Å². The molecule has 0 amide bonds. The molecule has 184 valence electrons. The van der Waals surface area contributed by atoms with Gasteiger partial charge in [0, 0.05) is 12.8 Å². The van der Waals surface area contributed by atoms with Gasteiger partial charge < -0.3 is 15.1 Å². The maximum atomic E-state index is 10.5. The molecule has 2 rings (SSSR count). The molecule has 34 heavy (non-hydrogen) atoms. The van der Waals surface area contributed by atoms with Crippen LogP contribution in [-0.4, -0.2) is 76.2 Å². The van der Waals surface area contributed by atoms with Crippen LogP contribution in [0, 0.1) is 0 Å². The summed E-state index contributed by atoms with van der Waals surface area (Å²) in [6.07, 6.45) is 7.95. The summed E-state index contributed by atoms with van der Waals surface area (Å²) in [4.78, 5) is 23.2. The Morgan fingerprint density at radius 1 is 0.647 bits per heavy atom. The minimum absolute atomic E-state index is 0. The van der Waals surface area contributed by atoms with Gasteiger partial charge in [0.1, 0.15) is 0 Å². The minimum atomic E-state index is -0.742. The Hall–Kier alpha value is -1.66. The van der Waals surface area contributed by atoms with Crippen molar-refractivity contribution in [3.8, 4) is 0 Å². The average molecular weight is 480 g/mol. The molecule has 0 radical (unpaired) electrons. The van der Waals surface area contributed by atoms with Gasteiger partial charge in [-0.1, -0.05) is 81.3 Å². The SMILES string of the molecule is CCN(CC)CCCCCCc1ccc(CCC(=O)O)cc1.O=C(O)CCc1ccccc1.[NaH]. The number of carbonyl (C=O) groups is 2. The summed E-state index contributed by atoms with van der Waals surface area (Å²) in [6, 6.07) is 18.0. The van der Waals surface area contributed by atoms with Crippen LogP contribution in [0.3, 0.4) is 0 Å². The van der Waals surface area contributed by atoms with E-state index < -0.39 is 11.9 Å². The average Bonchev–Trinajstić information content (AvgIpc) is 2.83. The molecule has 2 aromatic carbocycles. The van der Waals surface area contributed by atoms with Gasteiger partial charge in [0.15, 0.2) is 0 Å². The molecular formula is C28H42NNaO4. The fourth-order valence-corrected chi connectivity index (χ4v) is 3.58. The van der Waals surface area contributed by atoms with Crippen molar-refractivity contribution in [1.29, 1.82) is 0 Å². The summed E-state index contributed by atoms with van der Waals surface area (Å²) in [7, 11) is 0. The second kappa shape index (κ2) is 20.7. The van der Waals surface area contributed by atoms with Crippen molar-refractivity contribution in [1.82, 2.24) is 4.90 Å². The van der Waals surface area contributed by atoms with E-state index in [1.165, 1.54) is 37.8 Å². The Morgan fingerprint density at radius 3 is 1.56 bits per heavy atom. The van der Waals surface area contributed by atoms with Gasteiger partial charge in [-0.05, 0) is 68.4 Å². The van der Waals surface area contributed by atoms with Crippen LogP contribution in [0.5, 0.6) is 0 Å². The van der Waals surface area contributed by atoms with Gasteiger partial charge >= 0.3 is 41.5 Å². The fraction of sp³-hybridized carbons (Fsp3) is 0.500. The van der Waals surface area contributed by atoms with E-state index in [1.54, 1.807) is 0 Å². The predicted molar refractivity (Wildman–Crippen MR) is 142 cm³/mol. The number of benzene rings is 2. The third-order valence-corrected chi connectivity index (χ3v) is 5.71. The number of carboxylic acid groups (broad SMARTS) is 2. The Bertz CT molecular complexity index is 777. The van der Waals surface area contributed by atoms with E-state index in [-0.39, 0.29) is 42.4 Å². The number of hydrogen-bond acceptors (Lipinski definition) is 3. The molecule has 0 aliphatic rings. The Morgan fingerprint density at radius 2 is 1.09 bits per heavy atom. The van der Waals surface area contributed by atoms with Crippen molar-refractivity contribution in [3.63, 3.8) is 0 Å². The molecule has 0 unspecified atom stereocenters. The second-order valence-corrected chi connectivity index (χ2v) is 8.28. The molecule has 0 spiro atoms. The summed E-state index contributed by atoms with van der Waals surface area (Å²) >= 11 is 0. The van der Waals surface area contributed by atoms with Gasteiger partial charge in [-0.2, -0.15) is 0 Å². The summed E-state index contributed by atoms with van der Waals surface area (Å²) < 4.78 is 0. The first-order valence-electron chi connectivity index (χ1n) is 12.2. The van der Waals surface area contributed by atoms with E-state index in [1.807, 2.05) is 30.3 Å². The van der Waals surface area contributed by atoms with Gasteiger partial charge in [0.2, 0.25) is 0 Å². The van der Waals surface area contributed by atoms with Crippen LogP contribution in [0.25, 0.3) is 0 Å². The molecule has 0 aliphatic carbocycles. The first kappa shape index (κ1) is 32.3. The van der Waals surface area contributed by atoms with E-state index in [4.69, 9.17) is 10.2 Å². The zero-order chi connectivity index (χ0) is 24.3. The number of aliphatic carboxylic acids is 2. The molecular weight excluding hydrogens is 437 g/mol. The molecule has 2 N–H and O–H groups in total. The Labute approximate surface area is 227 Å². The third-order valence-electron chi connectivity index (χ3n) is 5.71. The normalized spacial score (nSPS) is 10.2. The van der Waals surface area contributed by atoms with Crippen molar-refractivity contribution < 1.29 is 19.8 Å². The number of nitrogens with zero attached hydrogens (tertiary/aromatic N) is 1. The molecule has 0 aliphatic heterocycles. The molecule has 0 atom stereocenters. The van der Waals surface area contributed by atoms with Crippen molar-refractivity contribution >= 4 is 41.5 Å². The van der Waals surface area contributed by atoms with E-state index >= 15 is 0 Å². The van der Waals surface area contributed by atoms with E-state index in [9.17, 15) is 9.59 Å². The molecule has 0 heterocycles. The van der Waals surface area contributed by atoms with Crippen LogP contribution >= 0.6 is 0 Å². The Kier molecular flexibility index (Phi) is 19.7. The molecule has 6 heteroatoms. The quantitative estimate of drug-likeness (QED) is 0.271. The number of hydrogen-bond donors (Lipinski definition) is 2. The van der Waals surface area contributed by atoms with Gasteiger partial charge in [0.25, 0.3) is 0 Å². The number of rotatable bonds is 15. The van der Waals surface area contributed by atoms with Gasteiger partial charge in [0.05, 0.1) is 0 Å². The van der Waals surface area contributed by atoms with Crippen LogP contribution in [0.1, 0.15) is 69.1 Å². The predicted octanol–water partition coefficient (Wildman–Crippen LogP) is 5.20. The van der Waals surface area contributed by atoms with E-state index in [0.29, 0.717) is 12.8 Å². The van der Waals surface area contributed by atoms with E-state index in [0.717, 1.165) is 30.6 Å². The number of unbranched alkanes of at least 4 members (excludes halogenated alkanes) is 3. The van der Waals surface area contributed by atoms with Crippen LogP contribution in [0.4, 0.5) is 0 Å². The zero-order valence-corrected chi connectivity index (χ0v) is 20.3. The van der Waals surface area contributed by atoms with Crippen molar-refractivity contribution in [2.24, 2.45) is 0 Å². The Balaban J connectivity index is 0.000000763. The molecule has 0 saturated carbocycles. The molecule has 0 aromatic heterocycles. The first-order valence-corrected chi connectivity index (χ1v) is 12.2.